The second kappa shape index (κ2) is 5.39. The number of hydrogen-bond acceptors (Lipinski definition) is 1. The van der Waals surface area contributed by atoms with Crippen molar-refractivity contribution in [2.45, 2.75) is 26.4 Å². The van der Waals surface area contributed by atoms with Gasteiger partial charge in [-0.1, -0.05) is 32.9 Å². The van der Waals surface area contributed by atoms with Crippen molar-refractivity contribution in [3.05, 3.63) is 39.7 Å². The molecule has 1 atom stereocenters. The smallest absolute Gasteiger partial charge is 0.354 e. The molecule has 1 aromatic carbocycles. The molecule has 2 nitrogen and oxygen atoms in total. The molecule has 0 bridgehead atoms. The Morgan fingerprint density at radius 1 is 1.38 bits per heavy atom. The summed E-state index contributed by atoms with van der Waals surface area (Å²) in [5, 5.41) is 9.52. The van der Waals surface area contributed by atoms with Crippen LogP contribution in [0.3, 0.4) is 0 Å². The zero-order valence-corrected chi connectivity index (χ0v) is 11.9. The van der Waals surface area contributed by atoms with E-state index in [9.17, 15) is 13.2 Å². The van der Waals surface area contributed by atoms with Gasteiger partial charge in [0.2, 0.25) is 0 Å². The number of pyridine rings is 1. The molecule has 2 N–H and O–H groups in total. The minimum Gasteiger partial charge on any atom is -0.354 e. The van der Waals surface area contributed by atoms with Crippen molar-refractivity contribution in [1.82, 2.24) is 4.98 Å². The highest BCUT2D eigenvalue weighted by atomic mass is 19.4. The molecule has 0 saturated carbocycles. The Labute approximate surface area is 120 Å². The number of fused-ring (bicyclic) bond motifs is 1. The second-order valence-corrected chi connectivity index (χ2v) is 5.20. The lowest BCUT2D eigenvalue weighted by molar-refractivity contribution is -0.137. The normalized spacial score (nSPS) is 14.6. The quantitative estimate of drug-likeness (QED) is 0.855. The summed E-state index contributed by atoms with van der Waals surface area (Å²) in [6.07, 6.45) is -1.70. The summed E-state index contributed by atoms with van der Waals surface area (Å²) >= 11 is 0. The Balaban J connectivity index is 2.92. The third-order valence-electron chi connectivity index (χ3n) is 3.59. The number of alkyl halides is 3. The molecule has 0 amide bonds. The highest BCUT2D eigenvalue weighted by Gasteiger charge is 2.30. The minimum absolute atomic E-state index is 0.141. The van der Waals surface area contributed by atoms with Crippen molar-refractivity contribution < 1.29 is 13.2 Å². The molecule has 2 rings (SSSR count). The third-order valence-corrected chi connectivity index (χ3v) is 3.59. The zero-order valence-electron chi connectivity index (χ0n) is 11.9. The summed E-state index contributed by atoms with van der Waals surface area (Å²) in [5.41, 5.74) is -0.156. The van der Waals surface area contributed by atoms with Gasteiger partial charge in [-0.05, 0) is 24.1 Å². The van der Waals surface area contributed by atoms with Crippen molar-refractivity contribution in [2.24, 2.45) is 5.92 Å². The lowest BCUT2D eigenvalue weighted by Crippen LogP contribution is -2.40. The summed E-state index contributed by atoms with van der Waals surface area (Å²) in [4.78, 5) is 2.88. The molecule has 0 saturated heterocycles. The third kappa shape index (κ3) is 3.01. The maximum absolute atomic E-state index is 12.9. The lowest BCUT2D eigenvalue weighted by Gasteiger charge is -2.09. The van der Waals surface area contributed by atoms with E-state index in [4.69, 9.17) is 5.41 Å². The molecule has 112 valence electrons. The Bertz CT molecular complexity index is 831. The molecule has 0 fully saturated rings. The fourth-order valence-corrected chi connectivity index (χ4v) is 2.15. The predicted molar refractivity (Wildman–Crippen MR) is 77.8 cm³/mol. The van der Waals surface area contributed by atoms with Crippen LogP contribution in [0, 0.1) is 11.3 Å². The van der Waals surface area contributed by atoms with Crippen LogP contribution in [0.25, 0.3) is 23.6 Å². The molecular weight excluding hydrogens is 277 g/mol. The molecule has 1 heterocycles. The van der Waals surface area contributed by atoms with Gasteiger partial charge in [-0.15, -0.1) is 0 Å². The first-order valence-electron chi connectivity index (χ1n) is 6.72. The van der Waals surface area contributed by atoms with Crippen molar-refractivity contribution in [1.29, 1.82) is 5.41 Å². The first-order chi connectivity index (χ1) is 9.74. The first kappa shape index (κ1) is 15.4. The van der Waals surface area contributed by atoms with Crippen molar-refractivity contribution in [2.75, 3.05) is 0 Å². The van der Waals surface area contributed by atoms with E-state index in [1.807, 2.05) is 19.9 Å². The van der Waals surface area contributed by atoms with E-state index in [0.29, 0.717) is 21.5 Å². The van der Waals surface area contributed by atoms with Crippen LogP contribution in [0.2, 0.25) is 0 Å². The summed E-state index contributed by atoms with van der Waals surface area (Å²) in [7, 11) is 0. The van der Waals surface area contributed by atoms with Crippen LogP contribution in [0.4, 0.5) is 13.2 Å². The highest BCUT2D eigenvalue weighted by molar-refractivity contribution is 5.80. The van der Waals surface area contributed by atoms with Gasteiger partial charge < -0.3 is 4.98 Å². The number of benzene rings is 1. The molecule has 2 aromatic rings. The van der Waals surface area contributed by atoms with Crippen LogP contribution < -0.4 is 15.9 Å². The molecule has 1 unspecified atom stereocenters. The van der Waals surface area contributed by atoms with Crippen molar-refractivity contribution in [3.63, 3.8) is 0 Å². The second-order valence-electron chi connectivity index (χ2n) is 5.20. The van der Waals surface area contributed by atoms with Gasteiger partial charge in [0.05, 0.1) is 16.3 Å². The van der Waals surface area contributed by atoms with Gasteiger partial charge in [-0.3, -0.25) is 5.41 Å². The summed E-state index contributed by atoms with van der Waals surface area (Å²) < 4.78 is 38.6. The number of aromatic nitrogens is 1. The van der Waals surface area contributed by atoms with Crippen LogP contribution in [0.15, 0.2) is 18.2 Å². The van der Waals surface area contributed by atoms with Gasteiger partial charge >= 0.3 is 6.18 Å². The lowest BCUT2D eigenvalue weighted by atomic mass is 10.0. The summed E-state index contributed by atoms with van der Waals surface area (Å²) in [6.45, 7) is 7.71. The number of aromatic amines is 1. The standard InChI is InChI=1S/C16H17F3N2/c1-4-9(2)7-13-12-8-11(16(17,18)19)5-6-14(12)21-10(3)15(13)20/h5-9,20-21H,3-4H2,1-2H3/b13-7-,20-15?. The fourth-order valence-electron chi connectivity index (χ4n) is 2.15. The molecule has 21 heavy (non-hydrogen) atoms. The van der Waals surface area contributed by atoms with Gasteiger partial charge in [0.15, 0.2) is 0 Å². The van der Waals surface area contributed by atoms with Crippen molar-refractivity contribution >= 4 is 23.6 Å². The largest absolute Gasteiger partial charge is 0.416 e. The van der Waals surface area contributed by atoms with Crippen molar-refractivity contribution in [3.8, 4) is 0 Å². The van der Waals surface area contributed by atoms with E-state index < -0.39 is 11.7 Å². The number of nitrogens with one attached hydrogen (secondary N) is 2. The molecule has 5 heteroatoms. The molecule has 0 spiro atoms. The van der Waals surface area contributed by atoms with Crippen LogP contribution >= 0.6 is 0 Å². The zero-order chi connectivity index (χ0) is 15.8. The van der Waals surface area contributed by atoms with Gasteiger partial charge in [0.25, 0.3) is 0 Å². The number of hydrogen-bond donors (Lipinski definition) is 2. The monoisotopic (exact) mass is 294 g/mol. The highest BCUT2D eigenvalue weighted by Crippen LogP contribution is 2.30. The molecule has 0 aliphatic heterocycles. The average Bonchev–Trinajstić information content (AvgIpc) is 2.42. The Hall–Kier alpha value is -2.04. The van der Waals surface area contributed by atoms with Crippen LogP contribution in [-0.4, -0.2) is 4.98 Å². The molecular formula is C16H17F3N2. The molecule has 0 radical (unpaired) electrons. The average molecular weight is 294 g/mol. The van der Waals surface area contributed by atoms with Gasteiger partial charge in [-0.25, -0.2) is 0 Å². The SMILES string of the molecule is C=c1[nH]c2ccc(C(F)(F)F)cc2/c(=C/C(C)CC)c1=N. The molecule has 1 aromatic heterocycles. The maximum Gasteiger partial charge on any atom is 0.416 e. The minimum atomic E-state index is -4.40. The van der Waals surface area contributed by atoms with E-state index in [1.165, 1.54) is 6.07 Å². The van der Waals surface area contributed by atoms with Gasteiger partial charge in [-0.2, -0.15) is 13.2 Å². The number of halogens is 3. The fraction of sp³-hybridized carbons (Fsp3) is 0.312. The van der Waals surface area contributed by atoms with E-state index in [-0.39, 0.29) is 11.3 Å². The van der Waals surface area contributed by atoms with E-state index >= 15 is 0 Å². The van der Waals surface area contributed by atoms with Gasteiger partial charge in [0, 0.05) is 16.1 Å². The van der Waals surface area contributed by atoms with Crippen LogP contribution in [0.5, 0.6) is 0 Å². The first-order valence-corrected chi connectivity index (χ1v) is 6.72. The van der Waals surface area contributed by atoms with E-state index in [0.717, 1.165) is 18.6 Å². The predicted octanol–water partition coefficient (Wildman–Crippen LogP) is 2.90. The number of rotatable bonds is 2. The number of H-pyrrole nitrogens is 1. The molecule has 0 aliphatic rings. The van der Waals surface area contributed by atoms with E-state index in [2.05, 4.69) is 11.6 Å². The Morgan fingerprint density at radius 3 is 2.62 bits per heavy atom. The van der Waals surface area contributed by atoms with Crippen LogP contribution in [0.1, 0.15) is 25.8 Å². The summed E-state index contributed by atoms with van der Waals surface area (Å²) in [5.74, 6) is 0.175. The molecule has 0 aliphatic carbocycles. The Kier molecular flexibility index (Phi) is 3.94. The topological polar surface area (TPSA) is 39.6 Å². The van der Waals surface area contributed by atoms with Gasteiger partial charge in [0.1, 0.15) is 0 Å². The Morgan fingerprint density at radius 2 is 2.05 bits per heavy atom. The maximum atomic E-state index is 12.9. The van der Waals surface area contributed by atoms with Crippen LogP contribution in [-0.2, 0) is 6.18 Å². The van der Waals surface area contributed by atoms with E-state index in [1.54, 1.807) is 0 Å². The summed E-state index contributed by atoms with van der Waals surface area (Å²) in [6, 6.07) is 3.52.